The number of benzene rings is 12. The fraction of sp³-hybridized carbons (Fsp3) is 0.0323. The lowest BCUT2D eigenvalue weighted by molar-refractivity contribution is 0.492. The van der Waals surface area contributed by atoms with Crippen molar-refractivity contribution in [2.45, 2.75) is 13.8 Å². The molecule has 0 saturated heterocycles. The third-order valence-electron chi connectivity index (χ3n) is 13.7. The molecule has 334 valence electrons. The Balaban J connectivity index is 1.05. The van der Waals surface area contributed by atoms with E-state index in [-0.39, 0.29) is 0 Å². The van der Waals surface area contributed by atoms with Gasteiger partial charge in [0.05, 0.1) is 0 Å². The van der Waals surface area contributed by atoms with Gasteiger partial charge < -0.3 is 25.8 Å². The summed E-state index contributed by atoms with van der Waals surface area (Å²) < 4.78 is 42.7. The van der Waals surface area contributed by atoms with Crippen molar-refractivity contribution >= 4 is 125 Å². The summed E-state index contributed by atoms with van der Waals surface area (Å²) in [7, 11) is -4.18. The van der Waals surface area contributed by atoms with E-state index in [1.807, 2.05) is 24.3 Å². The second-order valence-electron chi connectivity index (χ2n) is 17.9. The normalized spacial score (nSPS) is 11.9. The van der Waals surface area contributed by atoms with Crippen LogP contribution in [0.4, 0.5) is 0 Å². The highest BCUT2D eigenvalue weighted by molar-refractivity contribution is 7.32. The van der Waals surface area contributed by atoms with Crippen LogP contribution in [0.3, 0.4) is 0 Å². The Bertz CT molecular complexity index is 4100. The highest BCUT2D eigenvalue weighted by Gasteiger charge is 2.26. The molecule has 14 aromatic rings. The maximum Gasteiger partial charge on any atom is 0.453 e. The van der Waals surface area contributed by atoms with Crippen molar-refractivity contribution in [1.29, 1.82) is 0 Å². The molecule has 2 heterocycles. The van der Waals surface area contributed by atoms with Crippen LogP contribution in [0.1, 0.15) is 11.1 Å². The van der Waals surface area contributed by atoms with Gasteiger partial charge in [-0.15, -0.1) is 0 Å². The van der Waals surface area contributed by atoms with E-state index in [4.69, 9.17) is 25.8 Å². The molecule has 0 fully saturated rings. The molecule has 0 radical (unpaired) electrons. The second kappa shape index (κ2) is 16.1. The Kier molecular flexibility index (Phi) is 9.35. The lowest BCUT2D eigenvalue weighted by Gasteiger charge is -2.20. The van der Waals surface area contributed by atoms with Gasteiger partial charge in [-0.1, -0.05) is 170 Å². The lowest BCUT2D eigenvalue weighted by atomic mass is 9.89. The molecule has 0 atom stereocenters. The van der Waals surface area contributed by atoms with Gasteiger partial charge in [0.2, 0.25) is 0 Å². The van der Waals surface area contributed by atoms with Crippen molar-refractivity contribution in [3.8, 4) is 22.6 Å². The molecule has 0 aliphatic heterocycles. The minimum absolute atomic E-state index is 0.626. The van der Waals surface area contributed by atoms with E-state index in [2.05, 4.69) is 196 Å². The summed E-state index contributed by atoms with van der Waals surface area (Å²) in [6.07, 6.45) is 0. The Morgan fingerprint density at radius 1 is 0.286 bits per heavy atom. The molecular weight excluding hydrogens is 903 g/mol. The SMILES string of the molecule is Cc1cc2ccccc2c(-c2c(Op3oc4ccc5ccccc5c4c4c(ccc5ccccc54)o3)c(C)cc3ccccc23)c1Op1oc2ccc3ccccc3c2c2c(ccc3ccccc32)o1. The molecule has 2 aromatic heterocycles. The monoisotopic (exact) mass is 942 g/mol. The number of fused-ring (bicyclic) bond motifs is 16. The molecule has 70 heavy (non-hydrogen) atoms. The van der Waals surface area contributed by atoms with E-state index < -0.39 is 16.5 Å². The van der Waals surface area contributed by atoms with Gasteiger partial charge in [0.15, 0.2) is 0 Å². The summed E-state index contributed by atoms with van der Waals surface area (Å²) in [6, 6.07) is 71.5. The first-order valence-electron chi connectivity index (χ1n) is 23.3. The first-order valence-corrected chi connectivity index (χ1v) is 25.5. The van der Waals surface area contributed by atoms with Crippen LogP contribution in [0.2, 0.25) is 0 Å². The van der Waals surface area contributed by atoms with Gasteiger partial charge in [-0.3, -0.25) is 0 Å². The van der Waals surface area contributed by atoms with Gasteiger partial charge in [-0.2, -0.15) is 0 Å². The molecule has 12 aromatic carbocycles. The van der Waals surface area contributed by atoms with Gasteiger partial charge in [0, 0.05) is 32.7 Å². The van der Waals surface area contributed by atoms with Gasteiger partial charge in [0.1, 0.15) is 33.8 Å². The van der Waals surface area contributed by atoms with Gasteiger partial charge in [-0.25, -0.2) is 0 Å². The van der Waals surface area contributed by atoms with Crippen molar-refractivity contribution in [3.05, 3.63) is 217 Å². The molecule has 0 spiro atoms. The number of hydrogen-bond acceptors (Lipinski definition) is 6. The third kappa shape index (κ3) is 6.49. The standard InChI is InChI=1S/C62H40O6P2/c1-37-35-43-19-7-13-25-49(43)59(61(37)67-69-63-51-31-27-39-15-3-9-21-45(39)55(51)56-46-22-10-4-16-40(46)28-32-52(56)64-69)60-50-26-14-8-20-44(50)36-38(2)62(60)68-70-65-53-33-29-41-17-5-11-23-47(41)57(53)58-48-24-12-6-18-42(48)30-34-54(58)66-70/h3-36H,1-2H3. The fourth-order valence-electron chi connectivity index (χ4n) is 10.6. The van der Waals surface area contributed by atoms with Crippen LogP contribution in [0.15, 0.2) is 223 Å². The maximum atomic E-state index is 7.33. The molecule has 0 saturated carbocycles. The number of rotatable bonds is 5. The summed E-state index contributed by atoms with van der Waals surface area (Å²) in [6.45, 7) is 4.17. The van der Waals surface area contributed by atoms with Crippen LogP contribution < -0.4 is 9.05 Å². The lowest BCUT2D eigenvalue weighted by Crippen LogP contribution is -1.97. The van der Waals surface area contributed by atoms with Gasteiger partial charge in [0.25, 0.3) is 0 Å². The highest BCUT2D eigenvalue weighted by atomic mass is 31.1. The van der Waals surface area contributed by atoms with E-state index >= 15 is 0 Å². The van der Waals surface area contributed by atoms with Crippen LogP contribution in [-0.2, 0) is 0 Å². The van der Waals surface area contributed by atoms with Crippen molar-refractivity contribution in [2.75, 3.05) is 0 Å². The zero-order valence-corrected chi connectivity index (χ0v) is 39.8. The zero-order valence-electron chi connectivity index (χ0n) is 38.0. The van der Waals surface area contributed by atoms with E-state index in [1.54, 1.807) is 0 Å². The van der Waals surface area contributed by atoms with Crippen LogP contribution in [-0.4, -0.2) is 0 Å². The van der Waals surface area contributed by atoms with Crippen molar-refractivity contribution in [1.82, 2.24) is 0 Å². The topological polar surface area (TPSA) is 71.0 Å². The van der Waals surface area contributed by atoms with E-state index in [9.17, 15) is 0 Å². The maximum absolute atomic E-state index is 7.33. The molecule has 0 N–H and O–H groups in total. The average Bonchev–Trinajstić information content (AvgIpc) is 3.67. The summed E-state index contributed by atoms with van der Waals surface area (Å²) >= 11 is 0. The van der Waals surface area contributed by atoms with Crippen LogP contribution in [0, 0.1) is 13.8 Å². The molecule has 0 aliphatic carbocycles. The van der Waals surface area contributed by atoms with E-state index in [1.165, 1.54) is 0 Å². The molecule has 6 nitrogen and oxygen atoms in total. The second-order valence-corrected chi connectivity index (χ2v) is 19.9. The Morgan fingerprint density at radius 2 is 0.543 bits per heavy atom. The summed E-state index contributed by atoms with van der Waals surface area (Å²) in [5.41, 5.74) is 6.29. The van der Waals surface area contributed by atoms with Crippen LogP contribution >= 0.6 is 16.5 Å². The average molecular weight is 943 g/mol. The Morgan fingerprint density at radius 3 is 0.843 bits per heavy atom. The molecule has 0 aliphatic rings. The highest BCUT2D eigenvalue weighted by Crippen LogP contribution is 2.53. The van der Waals surface area contributed by atoms with Gasteiger partial charge >= 0.3 is 16.5 Å². The van der Waals surface area contributed by atoms with Crippen LogP contribution in [0.5, 0.6) is 11.5 Å². The Hall–Kier alpha value is -8.40. The van der Waals surface area contributed by atoms with Crippen molar-refractivity contribution in [2.24, 2.45) is 0 Å². The minimum atomic E-state index is -2.09. The molecule has 14 rings (SSSR count). The molecular formula is C62H40O6P2. The molecule has 0 unspecified atom stereocenters. The summed E-state index contributed by atoms with van der Waals surface area (Å²) in [5, 5.41) is 16.7. The van der Waals surface area contributed by atoms with Crippen molar-refractivity contribution in [3.63, 3.8) is 0 Å². The predicted octanol–water partition coefficient (Wildman–Crippen LogP) is 19.8. The molecule has 8 heteroatoms. The number of aryl methyl sites for hydroxylation is 2. The smallest absolute Gasteiger partial charge is 0.390 e. The predicted molar refractivity (Wildman–Crippen MR) is 291 cm³/mol. The first kappa shape index (κ1) is 40.6. The van der Waals surface area contributed by atoms with Crippen LogP contribution in [0.25, 0.3) is 120 Å². The Labute approximate surface area is 402 Å². The zero-order chi connectivity index (χ0) is 46.5. The molecule has 0 amide bonds. The van der Waals surface area contributed by atoms with E-state index in [0.717, 1.165) is 108 Å². The largest absolute Gasteiger partial charge is 0.453 e. The minimum Gasteiger partial charge on any atom is -0.390 e. The quantitative estimate of drug-likeness (QED) is 0.171. The number of hydrogen-bond donors (Lipinski definition) is 0. The first-order chi connectivity index (χ1) is 34.5. The summed E-state index contributed by atoms with van der Waals surface area (Å²) in [4.78, 5) is 0. The van der Waals surface area contributed by atoms with Crippen molar-refractivity contribution < 1.29 is 25.8 Å². The van der Waals surface area contributed by atoms with Gasteiger partial charge in [-0.05, 0) is 126 Å². The van der Waals surface area contributed by atoms with E-state index in [0.29, 0.717) is 33.8 Å². The fourth-order valence-corrected chi connectivity index (χ4v) is 12.8. The summed E-state index contributed by atoms with van der Waals surface area (Å²) in [5.74, 6) is 1.25. The third-order valence-corrected chi connectivity index (χ3v) is 15.8. The molecule has 0 bridgehead atoms.